The SMILES string of the molecule is COC(=O)c1ccccc1Nc1cccc(C(C)=O)c1. The molecule has 0 saturated heterocycles. The van der Waals surface area contributed by atoms with Crippen molar-refractivity contribution in [3.8, 4) is 0 Å². The second kappa shape index (κ2) is 6.02. The monoisotopic (exact) mass is 269 g/mol. The van der Waals surface area contributed by atoms with Crippen molar-refractivity contribution in [2.75, 3.05) is 12.4 Å². The quantitative estimate of drug-likeness (QED) is 0.682. The van der Waals surface area contributed by atoms with Gasteiger partial charge in [0, 0.05) is 11.3 Å². The van der Waals surface area contributed by atoms with Crippen LogP contribution >= 0.6 is 0 Å². The van der Waals surface area contributed by atoms with Crippen LogP contribution in [0.5, 0.6) is 0 Å². The van der Waals surface area contributed by atoms with E-state index in [2.05, 4.69) is 5.32 Å². The summed E-state index contributed by atoms with van der Waals surface area (Å²) < 4.78 is 4.74. The Kier molecular flexibility index (Phi) is 4.15. The molecule has 0 unspecified atom stereocenters. The lowest BCUT2D eigenvalue weighted by atomic mass is 10.1. The highest BCUT2D eigenvalue weighted by atomic mass is 16.5. The topological polar surface area (TPSA) is 55.4 Å². The molecular formula is C16H15NO3. The second-order valence-electron chi connectivity index (χ2n) is 4.30. The van der Waals surface area contributed by atoms with Gasteiger partial charge in [0.15, 0.2) is 5.78 Å². The summed E-state index contributed by atoms with van der Waals surface area (Å²) in [5, 5.41) is 3.13. The molecule has 102 valence electrons. The van der Waals surface area contributed by atoms with E-state index in [1.54, 1.807) is 36.4 Å². The van der Waals surface area contributed by atoms with Gasteiger partial charge in [-0.05, 0) is 31.2 Å². The van der Waals surface area contributed by atoms with Gasteiger partial charge in [0.25, 0.3) is 0 Å². The van der Waals surface area contributed by atoms with Crippen molar-refractivity contribution in [1.82, 2.24) is 0 Å². The van der Waals surface area contributed by atoms with Gasteiger partial charge < -0.3 is 10.1 Å². The van der Waals surface area contributed by atoms with Crippen LogP contribution in [0.1, 0.15) is 27.6 Å². The van der Waals surface area contributed by atoms with Gasteiger partial charge in [0.2, 0.25) is 0 Å². The van der Waals surface area contributed by atoms with Crippen molar-refractivity contribution in [1.29, 1.82) is 0 Å². The van der Waals surface area contributed by atoms with Crippen LogP contribution in [0.25, 0.3) is 0 Å². The largest absolute Gasteiger partial charge is 0.465 e. The summed E-state index contributed by atoms with van der Waals surface area (Å²) in [5.41, 5.74) is 2.45. The molecule has 2 aromatic rings. The number of benzene rings is 2. The average molecular weight is 269 g/mol. The molecule has 2 rings (SSSR count). The molecule has 2 aromatic carbocycles. The zero-order valence-corrected chi connectivity index (χ0v) is 11.3. The van der Waals surface area contributed by atoms with E-state index >= 15 is 0 Å². The molecule has 20 heavy (non-hydrogen) atoms. The Labute approximate surface area is 117 Å². The summed E-state index contributed by atoms with van der Waals surface area (Å²) in [4.78, 5) is 23.1. The van der Waals surface area contributed by atoms with Crippen molar-refractivity contribution in [2.45, 2.75) is 6.92 Å². The minimum Gasteiger partial charge on any atom is -0.465 e. The van der Waals surface area contributed by atoms with Crippen molar-refractivity contribution < 1.29 is 14.3 Å². The maximum atomic E-state index is 11.7. The molecule has 0 heterocycles. The number of ether oxygens (including phenoxy) is 1. The van der Waals surface area contributed by atoms with Gasteiger partial charge in [-0.3, -0.25) is 4.79 Å². The number of carbonyl (C=O) groups excluding carboxylic acids is 2. The van der Waals surface area contributed by atoms with Crippen LogP contribution in [-0.4, -0.2) is 18.9 Å². The number of anilines is 2. The van der Waals surface area contributed by atoms with Crippen LogP contribution in [0.4, 0.5) is 11.4 Å². The van der Waals surface area contributed by atoms with Crippen molar-refractivity contribution >= 4 is 23.1 Å². The van der Waals surface area contributed by atoms with E-state index < -0.39 is 5.97 Å². The van der Waals surface area contributed by atoms with Crippen LogP contribution in [0.3, 0.4) is 0 Å². The Morgan fingerprint density at radius 1 is 1.05 bits per heavy atom. The number of ketones is 1. The van der Waals surface area contributed by atoms with Crippen molar-refractivity contribution in [3.63, 3.8) is 0 Å². The normalized spacial score (nSPS) is 9.90. The molecule has 0 radical (unpaired) electrons. The highest BCUT2D eigenvalue weighted by Crippen LogP contribution is 2.22. The van der Waals surface area contributed by atoms with Gasteiger partial charge in [-0.15, -0.1) is 0 Å². The molecule has 0 aliphatic heterocycles. The van der Waals surface area contributed by atoms with Gasteiger partial charge >= 0.3 is 5.97 Å². The first-order valence-corrected chi connectivity index (χ1v) is 6.17. The minimum absolute atomic E-state index is 0.00472. The summed E-state index contributed by atoms with van der Waals surface area (Å²) in [6, 6.07) is 14.2. The van der Waals surface area contributed by atoms with E-state index in [1.807, 2.05) is 12.1 Å². The van der Waals surface area contributed by atoms with Gasteiger partial charge in [0.05, 0.1) is 18.4 Å². The van der Waals surface area contributed by atoms with Crippen LogP contribution in [0.15, 0.2) is 48.5 Å². The van der Waals surface area contributed by atoms with E-state index in [-0.39, 0.29) is 5.78 Å². The first kappa shape index (κ1) is 13.8. The number of hydrogen-bond donors (Lipinski definition) is 1. The fourth-order valence-corrected chi connectivity index (χ4v) is 1.85. The van der Waals surface area contributed by atoms with Gasteiger partial charge in [-0.25, -0.2) is 4.79 Å². The summed E-state index contributed by atoms with van der Waals surface area (Å²) in [5.74, 6) is -0.411. The van der Waals surface area contributed by atoms with Crippen LogP contribution in [0, 0.1) is 0 Å². The minimum atomic E-state index is -0.407. The average Bonchev–Trinajstić information content (AvgIpc) is 2.47. The van der Waals surface area contributed by atoms with Crippen molar-refractivity contribution in [2.24, 2.45) is 0 Å². The first-order chi connectivity index (χ1) is 9.61. The number of rotatable bonds is 4. The van der Waals surface area contributed by atoms with E-state index in [1.165, 1.54) is 14.0 Å². The molecule has 1 N–H and O–H groups in total. The predicted octanol–water partition coefficient (Wildman–Crippen LogP) is 3.42. The molecular weight excluding hydrogens is 254 g/mol. The maximum absolute atomic E-state index is 11.7. The molecule has 0 spiro atoms. The fraction of sp³-hybridized carbons (Fsp3) is 0.125. The van der Waals surface area contributed by atoms with E-state index in [0.717, 1.165) is 5.69 Å². The Hall–Kier alpha value is -2.62. The van der Waals surface area contributed by atoms with Crippen molar-refractivity contribution in [3.05, 3.63) is 59.7 Å². The number of esters is 1. The number of Topliss-reactive ketones (excluding diaryl/α,β-unsaturated/α-hetero) is 1. The smallest absolute Gasteiger partial charge is 0.339 e. The number of hydrogen-bond acceptors (Lipinski definition) is 4. The molecule has 0 aromatic heterocycles. The number of methoxy groups -OCH3 is 1. The second-order valence-corrected chi connectivity index (χ2v) is 4.30. The zero-order chi connectivity index (χ0) is 14.5. The third-order valence-corrected chi connectivity index (χ3v) is 2.88. The molecule has 4 heteroatoms. The molecule has 0 bridgehead atoms. The number of nitrogens with one attached hydrogen (secondary N) is 1. The Bertz CT molecular complexity index is 650. The fourth-order valence-electron chi connectivity index (χ4n) is 1.85. The molecule has 0 saturated carbocycles. The third kappa shape index (κ3) is 3.03. The van der Waals surface area contributed by atoms with Gasteiger partial charge in [0.1, 0.15) is 0 Å². The van der Waals surface area contributed by atoms with Crippen LogP contribution < -0.4 is 5.32 Å². The molecule has 0 atom stereocenters. The number of para-hydroxylation sites is 1. The number of carbonyl (C=O) groups is 2. The van der Waals surface area contributed by atoms with E-state index in [0.29, 0.717) is 16.8 Å². The summed E-state index contributed by atoms with van der Waals surface area (Å²) in [6.07, 6.45) is 0. The summed E-state index contributed by atoms with van der Waals surface area (Å²) in [7, 11) is 1.34. The molecule has 0 amide bonds. The first-order valence-electron chi connectivity index (χ1n) is 6.17. The van der Waals surface area contributed by atoms with E-state index in [4.69, 9.17) is 4.74 Å². The van der Waals surface area contributed by atoms with Crippen LogP contribution in [-0.2, 0) is 4.74 Å². The molecule has 0 fully saturated rings. The molecule has 4 nitrogen and oxygen atoms in total. The Morgan fingerprint density at radius 2 is 1.80 bits per heavy atom. The lowest BCUT2D eigenvalue weighted by Gasteiger charge is -2.11. The van der Waals surface area contributed by atoms with Gasteiger partial charge in [-0.1, -0.05) is 24.3 Å². The lowest BCUT2D eigenvalue weighted by molar-refractivity contribution is 0.0601. The maximum Gasteiger partial charge on any atom is 0.339 e. The standard InChI is InChI=1S/C16H15NO3/c1-11(18)12-6-5-7-13(10-12)17-15-9-4-3-8-14(15)16(19)20-2/h3-10,17H,1-2H3. The third-order valence-electron chi connectivity index (χ3n) is 2.88. The summed E-state index contributed by atoms with van der Waals surface area (Å²) in [6.45, 7) is 1.52. The highest BCUT2D eigenvalue weighted by molar-refractivity contribution is 5.97. The lowest BCUT2D eigenvalue weighted by Crippen LogP contribution is -2.05. The molecule has 0 aliphatic carbocycles. The predicted molar refractivity (Wildman–Crippen MR) is 77.5 cm³/mol. The van der Waals surface area contributed by atoms with E-state index in [9.17, 15) is 9.59 Å². The zero-order valence-electron chi connectivity index (χ0n) is 11.3. The molecule has 0 aliphatic rings. The summed E-state index contributed by atoms with van der Waals surface area (Å²) >= 11 is 0. The Morgan fingerprint density at radius 3 is 2.50 bits per heavy atom. The van der Waals surface area contributed by atoms with Gasteiger partial charge in [-0.2, -0.15) is 0 Å². The Balaban J connectivity index is 2.33. The highest BCUT2D eigenvalue weighted by Gasteiger charge is 2.11. The van der Waals surface area contributed by atoms with Crippen LogP contribution in [0.2, 0.25) is 0 Å².